The minimum absolute atomic E-state index is 0.0826. The minimum Gasteiger partial charge on any atom is -0.354 e. The predicted molar refractivity (Wildman–Crippen MR) is 79.5 cm³/mol. The molecule has 1 rings (SSSR count). The summed E-state index contributed by atoms with van der Waals surface area (Å²) < 4.78 is 0. The Labute approximate surface area is 123 Å². The largest absolute Gasteiger partial charge is 0.354 e. The highest BCUT2D eigenvalue weighted by Crippen LogP contribution is 2.19. The second-order valence-electron chi connectivity index (χ2n) is 4.56. The fourth-order valence-electron chi connectivity index (χ4n) is 1.61. The molecule has 6 nitrogen and oxygen atoms in total. The average molecular weight is 299 g/mol. The molecule has 0 saturated carbocycles. The van der Waals surface area contributed by atoms with Gasteiger partial charge in [-0.25, -0.2) is 0 Å². The number of hydrazine groups is 1. The second kappa shape index (κ2) is 7.72. The molecule has 110 valence electrons. The third kappa shape index (κ3) is 5.07. The van der Waals surface area contributed by atoms with E-state index >= 15 is 0 Å². The summed E-state index contributed by atoms with van der Waals surface area (Å²) in [7, 11) is 0. The number of halogens is 1. The predicted octanol–water partition coefficient (Wildman–Crippen LogP) is 1.27. The lowest BCUT2D eigenvalue weighted by molar-refractivity contribution is -0.121. The van der Waals surface area contributed by atoms with Crippen LogP contribution in [0.15, 0.2) is 18.2 Å². The first-order chi connectivity index (χ1) is 9.43. The summed E-state index contributed by atoms with van der Waals surface area (Å²) in [6.07, 6.45) is 0.218. The van der Waals surface area contributed by atoms with Crippen LogP contribution in [0.5, 0.6) is 0 Å². The van der Waals surface area contributed by atoms with Crippen molar-refractivity contribution in [3.05, 3.63) is 28.8 Å². The van der Waals surface area contributed by atoms with Gasteiger partial charge >= 0.3 is 0 Å². The van der Waals surface area contributed by atoms with Gasteiger partial charge in [-0.2, -0.15) is 0 Å². The van der Waals surface area contributed by atoms with Gasteiger partial charge in [0.2, 0.25) is 5.91 Å². The van der Waals surface area contributed by atoms with Gasteiger partial charge in [0.15, 0.2) is 0 Å². The van der Waals surface area contributed by atoms with Gasteiger partial charge in [0.1, 0.15) is 0 Å². The van der Waals surface area contributed by atoms with Crippen LogP contribution in [0.3, 0.4) is 0 Å². The lowest BCUT2D eigenvalue weighted by atomic mass is 10.1. The molecular weight excluding hydrogens is 280 g/mol. The fourth-order valence-corrected chi connectivity index (χ4v) is 1.78. The summed E-state index contributed by atoms with van der Waals surface area (Å²) in [5.74, 6) is 4.89. The molecular formula is C13H19ClN4O2. The first-order valence-electron chi connectivity index (χ1n) is 6.27. The Hall–Kier alpha value is -1.79. The van der Waals surface area contributed by atoms with E-state index in [1.807, 2.05) is 13.8 Å². The SMILES string of the molecule is CC(C)NC(=O)CCNC(=O)c1cc(Cl)ccc1NN. The van der Waals surface area contributed by atoms with Gasteiger partial charge in [0.05, 0.1) is 11.3 Å². The van der Waals surface area contributed by atoms with E-state index in [4.69, 9.17) is 17.4 Å². The van der Waals surface area contributed by atoms with E-state index < -0.39 is 0 Å². The average Bonchev–Trinajstić information content (AvgIpc) is 2.37. The molecule has 0 aliphatic carbocycles. The highest BCUT2D eigenvalue weighted by Gasteiger charge is 2.12. The van der Waals surface area contributed by atoms with E-state index in [9.17, 15) is 9.59 Å². The molecule has 0 fully saturated rings. The van der Waals surface area contributed by atoms with Crippen molar-refractivity contribution in [2.45, 2.75) is 26.3 Å². The Morgan fingerprint density at radius 2 is 2.05 bits per heavy atom. The number of nitrogen functional groups attached to an aromatic ring is 1. The number of benzene rings is 1. The van der Waals surface area contributed by atoms with Crippen molar-refractivity contribution in [1.82, 2.24) is 10.6 Å². The van der Waals surface area contributed by atoms with Crippen LogP contribution >= 0.6 is 11.6 Å². The number of anilines is 1. The normalized spacial score (nSPS) is 10.2. The zero-order chi connectivity index (χ0) is 15.1. The lowest BCUT2D eigenvalue weighted by Gasteiger charge is -2.11. The molecule has 0 saturated heterocycles. The summed E-state index contributed by atoms with van der Waals surface area (Å²) in [5.41, 5.74) is 3.24. The van der Waals surface area contributed by atoms with E-state index in [1.54, 1.807) is 12.1 Å². The van der Waals surface area contributed by atoms with Gasteiger partial charge in [-0.3, -0.25) is 15.4 Å². The quantitative estimate of drug-likeness (QED) is 0.470. The Morgan fingerprint density at radius 1 is 1.35 bits per heavy atom. The third-order valence-corrected chi connectivity index (χ3v) is 2.70. The molecule has 1 aromatic rings. The Bertz CT molecular complexity index is 491. The van der Waals surface area contributed by atoms with E-state index in [-0.39, 0.29) is 30.8 Å². The monoisotopic (exact) mass is 298 g/mol. The molecule has 5 N–H and O–H groups in total. The Kier molecular flexibility index (Phi) is 6.27. The van der Waals surface area contributed by atoms with Crippen molar-refractivity contribution in [1.29, 1.82) is 0 Å². The first-order valence-corrected chi connectivity index (χ1v) is 6.65. The van der Waals surface area contributed by atoms with Crippen LogP contribution < -0.4 is 21.9 Å². The molecule has 1 aromatic carbocycles. The van der Waals surface area contributed by atoms with Crippen LogP contribution in [0.2, 0.25) is 5.02 Å². The molecule has 0 radical (unpaired) electrons. The zero-order valence-corrected chi connectivity index (χ0v) is 12.3. The number of amides is 2. The highest BCUT2D eigenvalue weighted by atomic mass is 35.5. The number of rotatable bonds is 6. The summed E-state index contributed by atoms with van der Waals surface area (Å²) in [5, 5.41) is 5.83. The summed E-state index contributed by atoms with van der Waals surface area (Å²) in [4.78, 5) is 23.4. The van der Waals surface area contributed by atoms with Gasteiger partial charge in [-0.1, -0.05) is 11.6 Å². The zero-order valence-electron chi connectivity index (χ0n) is 11.5. The number of hydrogen-bond acceptors (Lipinski definition) is 4. The van der Waals surface area contributed by atoms with Crippen LogP contribution in [0.1, 0.15) is 30.6 Å². The van der Waals surface area contributed by atoms with Crippen molar-refractivity contribution < 1.29 is 9.59 Å². The van der Waals surface area contributed by atoms with E-state index in [0.29, 0.717) is 16.3 Å². The minimum atomic E-state index is -0.335. The Morgan fingerprint density at radius 3 is 2.65 bits per heavy atom. The van der Waals surface area contributed by atoms with Gasteiger partial charge in [0.25, 0.3) is 5.91 Å². The molecule has 20 heavy (non-hydrogen) atoms. The maximum atomic E-state index is 12.0. The van der Waals surface area contributed by atoms with Gasteiger partial charge in [-0.05, 0) is 32.0 Å². The molecule has 0 aliphatic heterocycles. The number of nitrogens with one attached hydrogen (secondary N) is 3. The van der Waals surface area contributed by atoms with Crippen molar-refractivity contribution in [3.63, 3.8) is 0 Å². The van der Waals surface area contributed by atoms with Crippen LogP contribution in [0.4, 0.5) is 5.69 Å². The fraction of sp³-hybridized carbons (Fsp3) is 0.385. The highest BCUT2D eigenvalue weighted by molar-refractivity contribution is 6.31. The number of nitrogens with two attached hydrogens (primary N) is 1. The van der Waals surface area contributed by atoms with Crippen LogP contribution in [0.25, 0.3) is 0 Å². The van der Waals surface area contributed by atoms with Gasteiger partial charge < -0.3 is 16.1 Å². The van der Waals surface area contributed by atoms with Crippen molar-refractivity contribution in [2.75, 3.05) is 12.0 Å². The first kappa shape index (κ1) is 16.3. The maximum Gasteiger partial charge on any atom is 0.253 e. The summed E-state index contributed by atoms with van der Waals surface area (Å²) in [6.45, 7) is 4.00. The molecule has 0 heterocycles. The van der Waals surface area contributed by atoms with Gasteiger partial charge in [-0.15, -0.1) is 0 Å². The maximum absolute atomic E-state index is 12.0. The van der Waals surface area contributed by atoms with Crippen LogP contribution in [-0.2, 0) is 4.79 Å². The molecule has 0 unspecified atom stereocenters. The smallest absolute Gasteiger partial charge is 0.253 e. The van der Waals surface area contributed by atoms with E-state index in [1.165, 1.54) is 6.07 Å². The molecule has 0 aromatic heterocycles. The van der Waals surface area contributed by atoms with Crippen molar-refractivity contribution >= 4 is 29.1 Å². The third-order valence-electron chi connectivity index (χ3n) is 2.47. The molecule has 2 amide bonds. The van der Waals surface area contributed by atoms with Gasteiger partial charge in [0, 0.05) is 24.0 Å². The topological polar surface area (TPSA) is 96.2 Å². The van der Waals surface area contributed by atoms with Crippen molar-refractivity contribution in [3.8, 4) is 0 Å². The van der Waals surface area contributed by atoms with Crippen LogP contribution in [0, 0.1) is 0 Å². The summed E-state index contributed by atoms with van der Waals surface area (Å²) in [6, 6.07) is 4.84. The molecule has 7 heteroatoms. The van der Waals surface area contributed by atoms with E-state index in [0.717, 1.165) is 0 Å². The lowest BCUT2D eigenvalue weighted by Crippen LogP contribution is -2.34. The second-order valence-corrected chi connectivity index (χ2v) is 5.00. The number of hydrogen-bond donors (Lipinski definition) is 4. The molecule has 0 spiro atoms. The number of carbonyl (C=O) groups is 2. The Balaban J connectivity index is 2.55. The summed E-state index contributed by atoms with van der Waals surface area (Å²) >= 11 is 5.85. The standard InChI is InChI=1S/C13H19ClN4O2/c1-8(2)17-12(19)5-6-16-13(20)10-7-9(14)3-4-11(10)18-15/h3-4,7-8,18H,5-6,15H2,1-2H3,(H,16,20)(H,17,19). The molecule has 0 aliphatic rings. The van der Waals surface area contributed by atoms with Crippen molar-refractivity contribution in [2.24, 2.45) is 5.84 Å². The van der Waals surface area contributed by atoms with E-state index in [2.05, 4.69) is 16.1 Å². The number of carbonyl (C=O) groups excluding carboxylic acids is 2. The molecule has 0 atom stereocenters. The molecule has 0 bridgehead atoms. The van der Waals surface area contributed by atoms with Crippen LogP contribution in [-0.4, -0.2) is 24.4 Å².